The molecule has 0 aromatic carbocycles. The normalized spacial score (nSPS) is 10.0. The van der Waals surface area contributed by atoms with Gasteiger partial charge in [0.05, 0.1) is 0 Å². The number of aromatic nitrogens is 3. The minimum absolute atomic E-state index is 0.620. The van der Waals surface area contributed by atoms with Crippen molar-refractivity contribution in [3.63, 3.8) is 0 Å². The number of H-pyrrole nitrogens is 1. The van der Waals surface area contributed by atoms with Crippen LogP contribution in [0.2, 0.25) is 0 Å². The first-order chi connectivity index (χ1) is 4.33. The molecule has 3 N–H and O–H groups in total. The molecule has 4 nitrogen and oxygen atoms in total. The number of aryl methyl sites for hydroxylation is 1. The molecular weight excluding hydrogens is 116 g/mol. The molecule has 0 radical (unpaired) electrons. The topological polar surface area (TPSA) is 67.6 Å². The van der Waals surface area contributed by atoms with E-state index in [1.807, 2.05) is 6.92 Å². The van der Waals surface area contributed by atoms with Gasteiger partial charge in [0.25, 0.3) is 0 Å². The van der Waals surface area contributed by atoms with Crippen molar-refractivity contribution in [2.75, 3.05) is 6.54 Å². The molecule has 0 unspecified atom stereocenters. The fourth-order valence-corrected chi connectivity index (χ4v) is 0.643. The van der Waals surface area contributed by atoms with Crippen LogP contribution in [0.15, 0.2) is 0 Å². The van der Waals surface area contributed by atoms with Gasteiger partial charge in [0, 0.05) is 6.42 Å². The van der Waals surface area contributed by atoms with Crippen molar-refractivity contribution in [3.8, 4) is 0 Å². The van der Waals surface area contributed by atoms with Crippen LogP contribution in [-0.2, 0) is 6.42 Å². The molecule has 0 bridgehead atoms. The van der Waals surface area contributed by atoms with Crippen LogP contribution in [0.5, 0.6) is 0 Å². The molecule has 0 spiro atoms. The molecule has 0 aliphatic rings. The summed E-state index contributed by atoms with van der Waals surface area (Å²) in [6, 6.07) is 0. The second-order valence-corrected chi connectivity index (χ2v) is 1.90. The molecule has 4 heteroatoms. The average molecular weight is 126 g/mol. The summed E-state index contributed by atoms with van der Waals surface area (Å²) in [6.07, 6.45) is 0.779. The maximum atomic E-state index is 5.28. The van der Waals surface area contributed by atoms with Crippen LogP contribution >= 0.6 is 0 Å². The van der Waals surface area contributed by atoms with Crippen LogP contribution in [0.1, 0.15) is 11.6 Å². The predicted octanol–water partition coefficient (Wildman–Crippen LogP) is -0.386. The lowest BCUT2D eigenvalue weighted by atomic mass is 10.4. The van der Waals surface area contributed by atoms with Crippen molar-refractivity contribution >= 4 is 0 Å². The Hall–Kier alpha value is -0.900. The van der Waals surface area contributed by atoms with E-state index in [0.717, 1.165) is 18.1 Å². The van der Waals surface area contributed by atoms with Gasteiger partial charge < -0.3 is 10.7 Å². The van der Waals surface area contributed by atoms with Gasteiger partial charge in [-0.3, -0.25) is 0 Å². The summed E-state index contributed by atoms with van der Waals surface area (Å²) in [5, 5.41) is 7.59. The van der Waals surface area contributed by atoms with E-state index in [1.165, 1.54) is 0 Å². The summed E-state index contributed by atoms with van der Waals surface area (Å²) in [4.78, 5) is 2.97. The van der Waals surface area contributed by atoms with Crippen LogP contribution in [0.25, 0.3) is 0 Å². The van der Waals surface area contributed by atoms with Crippen molar-refractivity contribution in [1.29, 1.82) is 0 Å². The zero-order valence-corrected chi connectivity index (χ0v) is 5.39. The molecular formula is C5H10N4. The minimum Gasteiger partial charge on any atom is -0.330 e. The predicted molar refractivity (Wildman–Crippen MR) is 33.9 cm³/mol. The van der Waals surface area contributed by atoms with Crippen molar-refractivity contribution < 1.29 is 0 Å². The molecule has 0 aliphatic carbocycles. The fourth-order valence-electron chi connectivity index (χ4n) is 0.643. The Bertz CT molecular complexity index is 181. The van der Waals surface area contributed by atoms with E-state index in [4.69, 9.17) is 5.73 Å². The van der Waals surface area contributed by atoms with E-state index >= 15 is 0 Å². The van der Waals surface area contributed by atoms with Gasteiger partial charge in [-0.05, 0) is 13.5 Å². The summed E-state index contributed by atoms with van der Waals surface area (Å²) in [5.41, 5.74) is 5.28. The second kappa shape index (κ2) is 2.59. The van der Waals surface area contributed by atoms with Crippen molar-refractivity contribution in [1.82, 2.24) is 15.2 Å². The van der Waals surface area contributed by atoms with E-state index in [-0.39, 0.29) is 0 Å². The maximum Gasteiger partial charge on any atom is 0.131 e. The van der Waals surface area contributed by atoms with Crippen molar-refractivity contribution in [2.24, 2.45) is 5.73 Å². The minimum atomic E-state index is 0.620. The van der Waals surface area contributed by atoms with Gasteiger partial charge in [-0.15, -0.1) is 10.2 Å². The lowest BCUT2D eigenvalue weighted by Gasteiger charge is -1.85. The Kier molecular flexibility index (Phi) is 1.79. The van der Waals surface area contributed by atoms with Crippen LogP contribution in [-0.4, -0.2) is 21.7 Å². The Morgan fingerprint density at radius 2 is 2.33 bits per heavy atom. The third kappa shape index (κ3) is 1.50. The number of hydrogen-bond donors (Lipinski definition) is 2. The fraction of sp³-hybridized carbons (Fsp3) is 0.600. The number of nitrogens with two attached hydrogens (primary N) is 1. The molecule has 9 heavy (non-hydrogen) atoms. The maximum absolute atomic E-state index is 5.28. The van der Waals surface area contributed by atoms with Crippen LogP contribution in [0.4, 0.5) is 0 Å². The molecule has 50 valence electrons. The quantitative estimate of drug-likeness (QED) is 0.567. The van der Waals surface area contributed by atoms with E-state index in [0.29, 0.717) is 6.54 Å². The average Bonchev–Trinajstić information content (AvgIpc) is 2.17. The Balaban J connectivity index is 2.61. The standard InChI is InChI=1S/C5H10N4/c1-4-7-5(2-3-6)9-8-4/h2-3,6H2,1H3,(H,7,8,9). The van der Waals surface area contributed by atoms with Crippen LogP contribution in [0, 0.1) is 6.92 Å². The monoisotopic (exact) mass is 126 g/mol. The SMILES string of the molecule is Cc1nnc(CCN)[nH]1. The second-order valence-electron chi connectivity index (χ2n) is 1.90. The van der Waals surface area contributed by atoms with Crippen LogP contribution < -0.4 is 5.73 Å². The number of rotatable bonds is 2. The number of hydrogen-bond acceptors (Lipinski definition) is 3. The molecule has 0 amide bonds. The molecule has 1 aromatic heterocycles. The highest BCUT2D eigenvalue weighted by atomic mass is 15.2. The van der Waals surface area contributed by atoms with Crippen molar-refractivity contribution in [3.05, 3.63) is 11.6 Å². The molecule has 1 rings (SSSR count). The highest BCUT2D eigenvalue weighted by Gasteiger charge is 1.94. The third-order valence-corrected chi connectivity index (χ3v) is 1.03. The van der Waals surface area contributed by atoms with E-state index < -0.39 is 0 Å². The summed E-state index contributed by atoms with van der Waals surface area (Å²) >= 11 is 0. The van der Waals surface area contributed by atoms with E-state index in [2.05, 4.69) is 15.2 Å². The van der Waals surface area contributed by atoms with E-state index in [9.17, 15) is 0 Å². The number of aromatic amines is 1. The molecule has 0 aliphatic heterocycles. The molecule has 0 saturated heterocycles. The Labute approximate surface area is 53.5 Å². The zero-order valence-electron chi connectivity index (χ0n) is 5.39. The number of nitrogens with one attached hydrogen (secondary N) is 1. The molecule has 1 aromatic rings. The molecule has 0 atom stereocenters. The van der Waals surface area contributed by atoms with Crippen LogP contribution in [0.3, 0.4) is 0 Å². The van der Waals surface area contributed by atoms with Gasteiger partial charge in [0.15, 0.2) is 0 Å². The first-order valence-corrected chi connectivity index (χ1v) is 2.91. The van der Waals surface area contributed by atoms with Gasteiger partial charge in [0.1, 0.15) is 11.6 Å². The zero-order chi connectivity index (χ0) is 6.69. The highest BCUT2D eigenvalue weighted by Crippen LogP contribution is 1.88. The van der Waals surface area contributed by atoms with Gasteiger partial charge in [0.2, 0.25) is 0 Å². The first kappa shape index (κ1) is 6.22. The highest BCUT2D eigenvalue weighted by molar-refractivity contribution is 4.87. The lowest BCUT2D eigenvalue weighted by Crippen LogP contribution is -2.03. The summed E-state index contributed by atoms with van der Waals surface area (Å²) in [7, 11) is 0. The lowest BCUT2D eigenvalue weighted by molar-refractivity contribution is 0.874. The smallest absolute Gasteiger partial charge is 0.131 e. The summed E-state index contributed by atoms with van der Waals surface area (Å²) in [6.45, 7) is 2.49. The summed E-state index contributed by atoms with van der Waals surface area (Å²) in [5.74, 6) is 1.72. The largest absolute Gasteiger partial charge is 0.330 e. The summed E-state index contributed by atoms with van der Waals surface area (Å²) < 4.78 is 0. The van der Waals surface area contributed by atoms with E-state index in [1.54, 1.807) is 0 Å². The molecule has 1 heterocycles. The Morgan fingerprint density at radius 3 is 2.78 bits per heavy atom. The van der Waals surface area contributed by atoms with Gasteiger partial charge in [-0.25, -0.2) is 0 Å². The first-order valence-electron chi connectivity index (χ1n) is 2.91. The van der Waals surface area contributed by atoms with Gasteiger partial charge in [-0.1, -0.05) is 0 Å². The van der Waals surface area contributed by atoms with Gasteiger partial charge >= 0.3 is 0 Å². The van der Waals surface area contributed by atoms with Gasteiger partial charge in [-0.2, -0.15) is 0 Å². The number of nitrogens with zero attached hydrogens (tertiary/aromatic N) is 2. The van der Waals surface area contributed by atoms with Crippen molar-refractivity contribution in [2.45, 2.75) is 13.3 Å². The molecule has 0 fully saturated rings. The molecule has 0 saturated carbocycles. The Morgan fingerprint density at radius 1 is 1.56 bits per heavy atom. The third-order valence-electron chi connectivity index (χ3n) is 1.03.